The van der Waals surface area contributed by atoms with E-state index in [0.717, 1.165) is 18.7 Å². The molecule has 0 aliphatic carbocycles. The van der Waals surface area contributed by atoms with E-state index in [-0.39, 0.29) is 17.2 Å². The Balaban J connectivity index is 1.83. The lowest BCUT2D eigenvalue weighted by Crippen LogP contribution is -2.50. The molecule has 0 bridgehead atoms. The molecule has 0 aromatic heterocycles. The van der Waals surface area contributed by atoms with Crippen molar-refractivity contribution in [2.24, 2.45) is 0 Å². The Bertz CT molecular complexity index is 636. The summed E-state index contributed by atoms with van der Waals surface area (Å²) < 4.78 is 0. The van der Waals surface area contributed by atoms with Gasteiger partial charge in [-0.1, -0.05) is 45.0 Å². The van der Waals surface area contributed by atoms with Gasteiger partial charge in [0.25, 0.3) is 0 Å². The SMILES string of the molecule is CCNC(=O)CN1CCN(C(=O)/C=C/c2ccc(C(C)(C)C)cc2)CC1. The molecule has 1 saturated heterocycles. The Morgan fingerprint density at radius 2 is 1.69 bits per heavy atom. The van der Waals surface area contributed by atoms with Crippen molar-refractivity contribution in [3.05, 3.63) is 41.5 Å². The maximum Gasteiger partial charge on any atom is 0.246 e. The molecule has 1 aliphatic heterocycles. The molecule has 0 unspecified atom stereocenters. The molecule has 0 saturated carbocycles. The number of piperazine rings is 1. The zero-order valence-electron chi connectivity index (χ0n) is 16.4. The number of hydrogen-bond donors (Lipinski definition) is 1. The van der Waals surface area contributed by atoms with Crippen LogP contribution in [0.5, 0.6) is 0 Å². The number of nitrogens with one attached hydrogen (secondary N) is 1. The molecular formula is C21H31N3O2. The van der Waals surface area contributed by atoms with E-state index in [9.17, 15) is 9.59 Å². The highest BCUT2D eigenvalue weighted by molar-refractivity contribution is 5.91. The molecule has 0 radical (unpaired) electrons. The molecule has 0 atom stereocenters. The van der Waals surface area contributed by atoms with Gasteiger partial charge in [-0.3, -0.25) is 14.5 Å². The van der Waals surface area contributed by atoms with Gasteiger partial charge in [0, 0.05) is 38.8 Å². The maximum absolute atomic E-state index is 12.4. The van der Waals surface area contributed by atoms with E-state index in [1.54, 1.807) is 6.08 Å². The molecule has 2 rings (SSSR count). The van der Waals surface area contributed by atoms with Crippen LogP contribution in [0.1, 0.15) is 38.8 Å². The molecule has 1 aromatic rings. The van der Waals surface area contributed by atoms with Crippen LogP contribution in [0.25, 0.3) is 6.08 Å². The van der Waals surface area contributed by atoms with E-state index in [1.807, 2.05) is 17.9 Å². The van der Waals surface area contributed by atoms with Gasteiger partial charge in [-0.2, -0.15) is 0 Å². The number of likely N-dealkylation sites (N-methyl/N-ethyl adjacent to an activating group) is 1. The van der Waals surface area contributed by atoms with Crippen LogP contribution in [-0.2, 0) is 15.0 Å². The third-order valence-corrected chi connectivity index (χ3v) is 4.62. The first-order valence-electron chi connectivity index (χ1n) is 9.36. The molecule has 5 heteroatoms. The summed E-state index contributed by atoms with van der Waals surface area (Å²) in [4.78, 5) is 27.9. The van der Waals surface area contributed by atoms with Crippen LogP contribution in [-0.4, -0.2) is 60.9 Å². The summed E-state index contributed by atoms with van der Waals surface area (Å²) in [5, 5.41) is 2.81. The molecule has 1 aromatic carbocycles. The molecule has 0 spiro atoms. The summed E-state index contributed by atoms with van der Waals surface area (Å²) in [6.45, 7) is 12.3. The van der Waals surface area contributed by atoms with Crippen molar-refractivity contribution in [1.29, 1.82) is 0 Å². The minimum absolute atomic E-state index is 0.0301. The van der Waals surface area contributed by atoms with Crippen LogP contribution >= 0.6 is 0 Å². The van der Waals surface area contributed by atoms with Crippen molar-refractivity contribution < 1.29 is 9.59 Å². The van der Waals surface area contributed by atoms with Gasteiger partial charge in [0.1, 0.15) is 0 Å². The number of carbonyl (C=O) groups is 2. The van der Waals surface area contributed by atoms with Gasteiger partial charge in [-0.05, 0) is 29.5 Å². The Hall–Kier alpha value is -2.14. The average Bonchev–Trinajstić information content (AvgIpc) is 2.60. The molecule has 1 heterocycles. The summed E-state index contributed by atoms with van der Waals surface area (Å²) in [6.07, 6.45) is 3.52. The molecule has 1 aliphatic rings. The smallest absolute Gasteiger partial charge is 0.246 e. The van der Waals surface area contributed by atoms with Crippen LogP contribution in [0.4, 0.5) is 0 Å². The van der Waals surface area contributed by atoms with Crippen molar-refractivity contribution in [2.45, 2.75) is 33.1 Å². The fraction of sp³-hybridized carbons (Fsp3) is 0.524. The minimum Gasteiger partial charge on any atom is -0.355 e. The number of benzene rings is 1. The highest BCUT2D eigenvalue weighted by Gasteiger charge is 2.21. The number of amides is 2. The largest absolute Gasteiger partial charge is 0.355 e. The van der Waals surface area contributed by atoms with E-state index < -0.39 is 0 Å². The third-order valence-electron chi connectivity index (χ3n) is 4.62. The zero-order valence-corrected chi connectivity index (χ0v) is 16.4. The van der Waals surface area contributed by atoms with Gasteiger partial charge < -0.3 is 10.2 Å². The third kappa shape index (κ3) is 5.99. The Labute approximate surface area is 157 Å². The summed E-state index contributed by atoms with van der Waals surface area (Å²) in [5.41, 5.74) is 2.44. The summed E-state index contributed by atoms with van der Waals surface area (Å²) in [7, 11) is 0. The van der Waals surface area contributed by atoms with Gasteiger partial charge in [-0.25, -0.2) is 0 Å². The van der Waals surface area contributed by atoms with E-state index >= 15 is 0 Å². The van der Waals surface area contributed by atoms with Crippen molar-refractivity contribution in [3.8, 4) is 0 Å². The molecule has 1 N–H and O–H groups in total. The second-order valence-corrected chi connectivity index (χ2v) is 7.76. The highest BCUT2D eigenvalue weighted by Crippen LogP contribution is 2.22. The van der Waals surface area contributed by atoms with E-state index in [0.29, 0.717) is 26.2 Å². The quantitative estimate of drug-likeness (QED) is 0.823. The summed E-state index contributed by atoms with van der Waals surface area (Å²) in [5.74, 6) is 0.0773. The molecule has 5 nitrogen and oxygen atoms in total. The zero-order chi connectivity index (χ0) is 19.2. The predicted molar refractivity (Wildman–Crippen MR) is 106 cm³/mol. The van der Waals surface area contributed by atoms with Crippen molar-refractivity contribution in [2.75, 3.05) is 39.3 Å². The second-order valence-electron chi connectivity index (χ2n) is 7.76. The standard InChI is InChI=1S/C21H31N3O2/c1-5-22-19(25)16-23-12-14-24(15-13-23)20(26)11-8-17-6-9-18(10-7-17)21(2,3)4/h6-11H,5,12-16H2,1-4H3,(H,22,25)/b11-8+. The lowest BCUT2D eigenvalue weighted by Gasteiger charge is -2.33. The molecule has 26 heavy (non-hydrogen) atoms. The number of nitrogens with zero attached hydrogens (tertiary/aromatic N) is 2. The lowest BCUT2D eigenvalue weighted by molar-refractivity contribution is -0.128. The van der Waals surface area contributed by atoms with Gasteiger partial charge in [-0.15, -0.1) is 0 Å². The Kier molecular flexibility index (Phi) is 6.98. The number of carbonyl (C=O) groups excluding carboxylic acids is 2. The van der Waals surface area contributed by atoms with Gasteiger partial charge >= 0.3 is 0 Å². The fourth-order valence-electron chi connectivity index (χ4n) is 2.95. The van der Waals surface area contributed by atoms with Crippen molar-refractivity contribution in [3.63, 3.8) is 0 Å². The summed E-state index contributed by atoms with van der Waals surface area (Å²) in [6, 6.07) is 8.33. The van der Waals surface area contributed by atoms with Crippen molar-refractivity contribution >= 4 is 17.9 Å². The summed E-state index contributed by atoms with van der Waals surface area (Å²) >= 11 is 0. The van der Waals surface area contributed by atoms with Gasteiger partial charge in [0.2, 0.25) is 11.8 Å². The van der Waals surface area contributed by atoms with E-state index in [4.69, 9.17) is 0 Å². The number of hydrogen-bond acceptors (Lipinski definition) is 3. The first kappa shape index (κ1) is 20.2. The minimum atomic E-state index is 0.0301. The highest BCUT2D eigenvalue weighted by atomic mass is 16.2. The number of rotatable bonds is 5. The van der Waals surface area contributed by atoms with Gasteiger partial charge in [0.05, 0.1) is 6.54 Å². The molecule has 2 amide bonds. The molecule has 142 valence electrons. The van der Waals surface area contributed by atoms with Crippen LogP contribution in [0.2, 0.25) is 0 Å². The molecular weight excluding hydrogens is 326 g/mol. The fourth-order valence-corrected chi connectivity index (χ4v) is 2.95. The van der Waals surface area contributed by atoms with Gasteiger partial charge in [0.15, 0.2) is 0 Å². The maximum atomic E-state index is 12.4. The predicted octanol–water partition coefficient (Wildman–Crippen LogP) is 2.28. The van der Waals surface area contributed by atoms with Crippen molar-refractivity contribution in [1.82, 2.24) is 15.1 Å². The Morgan fingerprint density at radius 3 is 2.23 bits per heavy atom. The molecule has 1 fully saturated rings. The second kappa shape index (κ2) is 8.99. The average molecular weight is 357 g/mol. The monoisotopic (exact) mass is 357 g/mol. The van der Waals surface area contributed by atoms with Crippen LogP contribution in [0.15, 0.2) is 30.3 Å². The normalized spacial score (nSPS) is 16.1. The first-order chi connectivity index (χ1) is 12.3. The van der Waals surface area contributed by atoms with Crippen LogP contribution in [0.3, 0.4) is 0 Å². The lowest BCUT2D eigenvalue weighted by atomic mass is 9.87. The first-order valence-corrected chi connectivity index (χ1v) is 9.36. The Morgan fingerprint density at radius 1 is 1.08 bits per heavy atom. The van der Waals surface area contributed by atoms with Crippen LogP contribution in [0, 0.1) is 0 Å². The topological polar surface area (TPSA) is 52.7 Å². The van der Waals surface area contributed by atoms with E-state index in [2.05, 4.69) is 55.3 Å². The van der Waals surface area contributed by atoms with Crippen LogP contribution < -0.4 is 5.32 Å². The van der Waals surface area contributed by atoms with E-state index in [1.165, 1.54) is 5.56 Å².